The quantitative estimate of drug-likeness (QED) is 0.619. The number of hydrogen-bond donors (Lipinski definition) is 0. The zero-order chi connectivity index (χ0) is 11.4. The zero-order valence-corrected chi connectivity index (χ0v) is 9.56. The Morgan fingerprint density at radius 3 is 2.67 bits per heavy atom. The van der Waals surface area contributed by atoms with Gasteiger partial charge in [0, 0.05) is 0 Å². The average molecular weight is 268 g/mol. The van der Waals surface area contributed by atoms with Crippen LogP contribution in [0.3, 0.4) is 0 Å². The molecule has 0 N–H and O–H groups in total. The molecule has 0 radical (unpaired) electrons. The fraction of sp³-hybridized carbons (Fsp3) is 0.125. The van der Waals surface area contributed by atoms with Gasteiger partial charge in [0.25, 0.3) is 5.24 Å². The van der Waals surface area contributed by atoms with Gasteiger partial charge >= 0.3 is 0 Å². The second-order valence-electron chi connectivity index (χ2n) is 2.55. The van der Waals surface area contributed by atoms with E-state index in [-0.39, 0.29) is 17.2 Å². The molecule has 0 aliphatic rings. The number of hydrogen-bond acceptors (Lipinski definition) is 4. The van der Waals surface area contributed by atoms with Gasteiger partial charge in [-0.3, -0.25) is 8.98 Å². The van der Waals surface area contributed by atoms with Crippen molar-refractivity contribution < 1.29 is 17.7 Å². The topological polar surface area (TPSA) is 66.4 Å². The average Bonchev–Trinajstić information content (AvgIpc) is 2.14. The lowest BCUT2D eigenvalue weighted by Crippen LogP contribution is -1.97. The summed E-state index contributed by atoms with van der Waals surface area (Å²) in [6.07, 6.45) is 0. The van der Waals surface area contributed by atoms with E-state index in [9.17, 15) is 13.6 Å². The molecule has 0 saturated carbocycles. The molecule has 0 fully saturated rings. The second kappa shape index (κ2) is 5.58. The fourth-order valence-electron chi connectivity index (χ4n) is 0.924. The van der Waals surface area contributed by atoms with E-state index in [0.717, 1.165) is 0 Å². The first-order valence-electron chi connectivity index (χ1n) is 3.71. The van der Waals surface area contributed by atoms with Gasteiger partial charge in [-0.25, -0.2) is 4.21 Å². The minimum Gasteiger partial charge on any atom is -0.750 e. The van der Waals surface area contributed by atoms with Gasteiger partial charge < -0.3 is 4.55 Å². The van der Waals surface area contributed by atoms with Crippen LogP contribution in [0.25, 0.3) is 0 Å². The molecule has 4 nitrogen and oxygen atoms in total. The lowest BCUT2D eigenvalue weighted by molar-refractivity contribution is 0.108. The predicted octanol–water partition coefficient (Wildman–Crippen LogP) is 2.03. The van der Waals surface area contributed by atoms with E-state index in [2.05, 4.69) is 4.18 Å². The van der Waals surface area contributed by atoms with Crippen molar-refractivity contribution in [2.75, 3.05) is 0 Å². The highest BCUT2D eigenvalue weighted by Crippen LogP contribution is 2.20. The van der Waals surface area contributed by atoms with Crippen LogP contribution >= 0.6 is 23.2 Å². The lowest BCUT2D eigenvalue weighted by Gasteiger charge is -2.06. The molecule has 0 heterocycles. The van der Waals surface area contributed by atoms with E-state index in [1.807, 2.05) is 0 Å². The molecule has 1 unspecified atom stereocenters. The maximum absolute atomic E-state index is 10.8. The predicted molar refractivity (Wildman–Crippen MR) is 55.3 cm³/mol. The van der Waals surface area contributed by atoms with Crippen LogP contribution in [0.5, 0.6) is 0 Å². The number of carbonyl (C=O) groups excluding carboxylic acids is 1. The molecule has 0 aromatic heterocycles. The third kappa shape index (κ3) is 3.89. The Hall–Kier alpha value is -0.460. The van der Waals surface area contributed by atoms with Crippen LogP contribution in [0.2, 0.25) is 5.02 Å². The molecule has 0 bridgehead atoms. The van der Waals surface area contributed by atoms with E-state index in [1.54, 1.807) is 0 Å². The van der Waals surface area contributed by atoms with E-state index in [4.69, 9.17) is 23.2 Å². The summed E-state index contributed by atoms with van der Waals surface area (Å²) in [7, 11) is 0. The smallest absolute Gasteiger partial charge is 0.253 e. The first-order valence-corrected chi connectivity index (χ1v) is 5.47. The molecular weight excluding hydrogens is 263 g/mol. The SMILES string of the molecule is O=C(Cl)c1ccc(COS(=O)[O-])cc1Cl. The first kappa shape index (κ1) is 12.6. The largest absolute Gasteiger partial charge is 0.750 e. The van der Waals surface area contributed by atoms with Crippen LogP contribution in [-0.4, -0.2) is 14.0 Å². The highest BCUT2D eigenvalue weighted by molar-refractivity contribution is 7.74. The Bertz CT molecular complexity index is 408. The summed E-state index contributed by atoms with van der Waals surface area (Å²) in [5, 5.41) is -0.507. The lowest BCUT2D eigenvalue weighted by atomic mass is 10.1. The van der Waals surface area contributed by atoms with Crippen LogP contribution in [0.15, 0.2) is 18.2 Å². The minimum atomic E-state index is -2.57. The molecule has 15 heavy (non-hydrogen) atoms. The number of halogens is 2. The van der Waals surface area contributed by atoms with Crippen LogP contribution in [-0.2, 0) is 22.2 Å². The van der Waals surface area contributed by atoms with Crippen molar-refractivity contribution in [3.8, 4) is 0 Å². The Morgan fingerprint density at radius 2 is 2.20 bits per heavy atom. The van der Waals surface area contributed by atoms with Crippen molar-refractivity contribution in [2.24, 2.45) is 0 Å². The van der Waals surface area contributed by atoms with Gasteiger partial charge in [-0.1, -0.05) is 17.7 Å². The van der Waals surface area contributed by atoms with E-state index < -0.39 is 16.6 Å². The van der Waals surface area contributed by atoms with Gasteiger partial charge in [-0.15, -0.1) is 0 Å². The third-order valence-electron chi connectivity index (χ3n) is 1.57. The third-order valence-corrected chi connectivity index (χ3v) is 2.39. The summed E-state index contributed by atoms with van der Waals surface area (Å²) in [6, 6.07) is 4.34. The summed E-state index contributed by atoms with van der Waals surface area (Å²) in [5.41, 5.74) is 0.705. The number of benzene rings is 1. The fourth-order valence-corrected chi connectivity index (χ4v) is 1.66. The van der Waals surface area contributed by atoms with Crippen molar-refractivity contribution in [1.29, 1.82) is 0 Å². The van der Waals surface area contributed by atoms with Crippen molar-refractivity contribution >= 4 is 39.8 Å². The highest BCUT2D eigenvalue weighted by atomic mass is 35.5. The van der Waals surface area contributed by atoms with Crippen LogP contribution in [0, 0.1) is 0 Å². The van der Waals surface area contributed by atoms with Gasteiger partial charge in [0.05, 0.1) is 28.6 Å². The monoisotopic (exact) mass is 267 g/mol. The molecule has 0 aliphatic heterocycles. The Kier molecular flexibility index (Phi) is 4.69. The summed E-state index contributed by atoms with van der Waals surface area (Å²) >= 11 is 8.39. The minimum absolute atomic E-state index is 0.132. The Balaban J connectivity index is 2.82. The zero-order valence-electron chi connectivity index (χ0n) is 7.24. The van der Waals surface area contributed by atoms with Crippen LogP contribution < -0.4 is 0 Å². The molecule has 0 saturated heterocycles. The molecule has 1 aromatic carbocycles. The molecule has 1 atom stereocenters. The van der Waals surface area contributed by atoms with Crippen molar-refractivity contribution in [3.05, 3.63) is 34.3 Å². The van der Waals surface area contributed by atoms with Gasteiger partial charge in [-0.2, -0.15) is 0 Å². The number of rotatable bonds is 4. The van der Waals surface area contributed by atoms with Gasteiger partial charge in [0.2, 0.25) is 0 Å². The molecule has 1 aromatic rings. The molecule has 0 spiro atoms. The molecular formula is C8H5Cl2O4S-. The summed E-state index contributed by atoms with van der Waals surface area (Å²) < 4.78 is 24.5. The van der Waals surface area contributed by atoms with Crippen molar-refractivity contribution in [3.63, 3.8) is 0 Å². The van der Waals surface area contributed by atoms with E-state index in [0.29, 0.717) is 5.56 Å². The second-order valence-corrected chi connectivity index (χ2v) is 3.95. The van der Waals surface area contributed by atoms with Gasteiger partial charge in [0.1, 0.15) is 0 Å². The van der Waals surface area contributed by atoms with Crippen LogP contribution in [0.1, 0.15) is 15.9 Å². The normalized spacial score (nSPS) is 12.5. The maximum Gasteiger partial charge on any atom is 0.253 e. The van der Waals surface area contributed by atoms with Crippen molar-refractivity contribution in [2.45, 2.75) is 6.61 Å². The summed E-state index contributed by atoms with van der Waals surface area (Å²) in [5.74, 6) is 0. The Labute approximate surface area is 98.6 Å². The Morgan fingerprint density at radius 1 is 1.53 bits per heavy atom. The molecule has 0 amide bonds. The number of carbonyl (C=O) groups is 1. The summed E-state index contributed by atoms with van der Waals surface area (Å²) in [6.45, 7) is -0.132. The maximum atomic E-state index is 10.8. The van der Waals surface area contributed by atoms with Gasteiger partial charge in [-0.05, 0) is 29.3 Å². The molecule has 7 heteroatoms. The molecule has 1 rings (SSSR count). The van der Waals surface area contributed by atoms with E-state index in [1.165, 1.54) is 18.2 Å². The van der Waals surface area contributed by atoms with Crippen molar-refractivity contribution in [1.82, 2.24) is 0 Å². The summed E-state index contributed by atoms with van der Waals surface area (Å²) in [4.78, 5) is 10.8. The van der Waals surface area contributed by atoms with E-state index >= 15 is 0 Å². The molecule has 0 aliphatic carbocycles. The first-order chi connectivity index (χ1) is 7.00. The van der Waals surface area contributed by atoms with Gasteiger partial charge in [0.15, 0.2) is 0 Å². The standard InChI is InChI=1S/C8H6Cl2O4S/c9-7-3-5(4-14-15(12)13)1-2-6(7)8(10)11/h1-3H,4H2,(H,12,13)/p-1. The molecule has 82 valence electrons. The highest BCUT2D eigenvalue weighted by Gasteiger charge is 2.07. The van der Waals surface area contributed by atoms with Crippen LogP contribution in [0.4, 0.5) is 0 Å².